The monoisotopic (exact) mass is 320 g/mol. The predicted molar refractivity (Wildman–Crippen MR) is 75.3 cm³/mol. The molecule has 21 heavy (non-hydrogen) atoms. The summed E-state index contributed by atoms with van der Waals surface area (Å²) in [5.41, 5.74) is -0.710. The van der Waals surface area contributed by atoms with Crippen LogP contribution in [-0.2, 0) is 4.74 Å². The van der Waals surface area contributed by atoms with Gasteiger partial charge >= 0.3 is 5.97 Å². The summed E-state index contributed by atoms with van der Waals surface area (Å²) in [6.45, 7) is 0. The Morgan fingerprint density at radius 1 is 1.19 bits per heavy atom. The van der Waals surface area contributed by atoms with Crippen LogP contribution in [-0.4, -0.2) is 13.1 Å². The van der Waals surface area contributed by atoms with Crippen molar-refractivity contribution in [3.05, 3.63) is 39.0 Å². The second-order valence-corrected chi connectivity index (χ2v) is 4.27. The van der Waals surface area contributed by atoms with Gasteiger partial charge in [0, 0.05) is 0 Å². The molecule has 0 saturated carbocycles. The van der Waals surface area contributed by atoms with Crippen molar-refractivity contribution >= 4 is 34.9 Å². The first-order valence-corrected chi connectivity index (χ1v) is 6.03. The molecule has 0 aliphatic heterocycles. The molecule has 1 aromatic carbocycles. The molecule has 8 heteroatoms. The number of allylic oxidation sites excluding steroid dienone is 2. The maximum absolute atomic E-state index is 11.5. The van der Waals surface area contributed by atoms with Gasteiger partial charge in [0.15, 0.2) is 5.57 Å². The molecule has 0 aromatic heterocycles. The van der Waals surface area contributed by atoms with Gasteiger partial charge in [-0.1, -0.05) is 23.2 Å². The number of carbonyl (C=O) groups excluding carboxylic acids is 1. The predicted octanol–water partition coefficient (Wildman–Crippen LogP) is 3.02. The van der Waals surface area contributed by atoms with Gasteiger partial charge in [0.1, 0.15) is 23.9 Å². The second-order valence-electron chi connectivity index (χ2n) is 3.49. The fraction of sp³-hybridized carbons (Fsp3) is 0.0769. The summed E-state index contributed by atoms with van der Waals surface area (Å²) in [5.74, 6) is -0.692. The number of methoxy groups -OCH3 is 1. The van der Waals surface area contributed by atoms with Crippen molar-refractivity contribution < 1.29 is 9.53 Å². The number of esters is 1. The summed E-state index contributed by atoms with van der Waals surface area (Å²) in [5, 5.41) is 29.0. The Bertz CT molecular complexity index is 735. The van der Waals surface area contributed by atoms with Gasteiger partial charge in [0.25, 0.3) is 0 Å². The minimum atomic E-state index is -0.692. The van der Waals surface area contributed by atoms with Crippen LogP contribution in [0.2, 0.25) is 10.0 Å². The zero-order valence-corrected chi connectivity index (χ0v) is 12.1. The standard InChI is InChI=1S/C13H6Cl2N4O2/c1-21-13(20)8-2-3-9(14)12(11(8)15)19-10(6-18)7(4-16)5-17/h2-3,19H,1H3. The largest absolute Gasteiger partial charge is 0.465 e. The Morgan fingerprint density at radius 2 is 1.81 bits per heavy atom. The average Bonchev–Trinajstić information content (AvgIpc) is 2.49. The van der Waals surface area contributed by atoms with E-state index in [1.807, 2.05) is 0 Å². The van der Waals surface area contributed by atoms with Gasteiger partial charge < -0.3 is 10.1 Å². The minimum Gasteiger partial charge on any atom is -0.465 e. The van der Waals surface area contributed by atoms with Crippen molar-refractivity contribution in [3.63, 3.8) is 0 Å². The molecule has 1 rings (SSSR count). The molecule has 0 heterocycles. The average molecular weight is 321 g/mol. The number of nitrogens with zero attached hydrogens (tertiary/aromatic N) is 3. The molecular weight excluding hydrogens is 315 g/mol. The summed E-state index contributed by atoms with van der Waals surface area (Å²) in [6.07, 6.45) is 0. The number of anilines is 1. The van der Waals surface area contributed by atoms with E-state index >= 15 is 0 Å². The number of nitrogens with one attached hydrogen (secondary N) is 1. The fourth-order valence-electron chi connectivity index (χ4n) is 1.34. The number of rotatable bonds is 3. The number of halogens is 2. The van der Waals surface area contributed by atoms with E-state index in [0.717, 1.165) is 0 Å². The molecule has 0 aliphatic rings. The first-order valence-electron chi connectivity index (χ1n) is 5.28. The van der Waals surface area contributed by atoms with E-state index in [0.29, 0.717) is 0 Å². The fourth-order valence-corrected chi connectivity index (χ4v) is 1.89. The zero-order valence-electron chi connectivity index (χ0n) is 10.6. The summed E-state index contributed by atoms with van der Waals surface area (Å²) in [7, 11) is 1.18. The Kier molecular flexibility index (Phi) is 5.57. The van der Waals surface area contributed by atoms with Crippen molar-refractivity contribution in [2.24, 2.45) is 0 Å². The number of hydrogen-bond donors (Lipinski definition) is 1. The first kappa shape index (κ1) is 16.3. The molecule has 0 fully saturated rings. The van der Waals surface area contributed by atoms with Crippen LogP contribution in [0.3, 0.4) is 0 Å². The number of hydrogen-bond acceptors (Lipinski definition) is 6. The first-order chi connectivity index (χ1) is 9.99. The van der Waals surface area contributed by atoms with Crippen LogP contribution >= 0.6 is 23.2 Å². The lowest BCUT2D eigenvalue weighted by atomic mass is 10.1. The molecule has 0 radical (unpaired) electrons. The van der Waals surface area contributed by atoms with Gasteiger partial charge in [0.2, 0.25) is 0 Å². The highest BCUT2D eigenvalue weighted by atomic mass is 35.5. The van der Waals surface area contributed by atoms with Crippen LogP contribution in [0.1, 0.15) is 10.4 Å². The van der Waals surface area contributed by atoms with Crippen LogP contribution in [0, 0.1) is 34.0 Å². The summed E-state index contributed by atoms with van der Waals surface area (Å²) in [6, 6.07) is 7.52. The smallest absolute Gasteiger partial charge is 0.339 e. The molecule has 1 N–H and O–H groups in total. The molecule has 0 saturated heterocycles. The number of nitriles is 3. The van der Waals surface area contributed by atoms with Crippen LogP contribution in [0.15, 0.2) is 23.4 Å². The normalized spacial score (nSPS) is 8.76. The zero-order chi connectivity index (χ0) is 16.0. The summed E-state index contributed by atoms with van der Waals surface area (Å²) >= 11 is 12.0. The Labute approximate surface area is 130 Å². The van der Waals surface area contributed by atoms with E-state index in [1.165, 1.54) is 19.2 Å². The number of carbonyl (C=O) groups is 1. The molecule has 6 nitrogen and oxygen atoms in total. The quantitative estimate of drug-likeness (QED) is 0.677. The van der Waals surface area contributed by atoms with E-state index in [1.54, 1.807) is 18.2 Å². The van der Waals surface area contributed by atoms with E-state index in [4.69, 9.17) is 39.0 Å². The lowest BCUT2D eigenvalue weighted by molar-refractivity contribution is 0.0601. The van der Waals surface area contributed by atoms with E-state index in [-0.39, 0.29) is 27.0 Å². The van der Waals surface area contributed by atoms with Crippen molar-refractivity contribution in [2.45, 2.75) is 0 Å². The summed E-state index contributed by atoms with van der Waals surface area (Å²) in [4.78, 5) is 11.5. The molecule has 0 unspecified atom stereocenters. The van der Waals surface area contributed by atoms with Crippen molar-refractivity contribution in [1.29, 1.82) is 15.8 Å². The highest BCUT2D eigenvalue weighted by molar-refractivity contribution is 6.41. The van der Waals surface area contributed by atoms with Crippen molar-refractivity contribution in [3.8, 4) is 18.2 Å². The summed E-state index contributed by atoms with van der Waals surface area (Å²) < 4.78 is 4.56. The molecule has 104 valence electrons. The highest BCUT2D eigenvalue weighted by Gasteiger charge is 2.18. The maximum Gasteiger partial charge on any atom is 0.339 e. The van der Waals surface area contributed by atoms with E-state index in [9.17, 15) is 4.79 Å². The minimum absolute atomic E-state index is 0.0267. The lowest BCUT2D eigenvalue weighted by Gasteiger charge is -2.12. The van der Waals surface area contributed by atoms with Crippen molar-refractivity contribution in [1.82, 2.24) is 0 Å². The lowest BCUT2D eigenvalue weighted by Crippen LogP contribution is -2.07. The van der Waals surface area contributed by atoms with Gasteiger partial charge in [-0.2, -0.15) is 15.8 Å². The Hall–Kier alpha value is -2.72. The molecular formula is C13H6Cl2N4O2. The van der Waals surface area contributed by atoms with Crippen LogP contribution in [0.5, 0.6) is 0 Å². The second kappa shape index (κ2) is 7.17. The molecule has 1 aromatic rings. The van der Waals surface area contributed by atoms with Gasteiger partial charge in [-0.25, -0.2) is 4.79 Å². The van der Waals surface area contributed by atoms with E-state index < -0.39 is 11.5 Å². The molecule has 0 amide bonds. The SMILES string of the molecule is COC(=O)c1ccc(Cl)c(NC(C#N)=C(C#N)C#N)c1Cl. The van der Waals surface area contributed by atoms with E-state index in [2.05, 4.69) is 10.1 Å². The molecule has 0 spiro atoms. The van der Waals surface area contributed by atoms with Gasteiger partial charge in [-0.05, 0) is 12.1 Å². The van der Waals surface area contributed by atoms with Gasteiger partial charge in [0.05, 0.1) is 28.4 Å². The third kappa shape index (κ3) is 3.43. The molecule has 0 bridgehead atoms. The van der Waals surface area contributed by atoms with Gasteiger partial charge in [-0.3, -0.25) is 0 Å². The third-order valence-electron chi connectivity index (χ3n) is 2.33. The Balaban J connectivity index is 3.43. The Morgan fingerprint density at radius 3 is 2.29 bits per heavy atom. The maximum atomic E-state index is 11.5. The molecule has 0 aliphatic carbocycles. The molecule has 0 atom stereocenters. The highest BCUT2D eigenvalue weighted by Crippen LogP contribution is 2.34. The van der Waals surface area contributed by atoms with Gasteiger partial charge in [-0.15, -0.1) is 0 Å². The van der Waals surface area contributed by atoms with Crippen LogP contribution < -0.4 is 5.32 Å². The number of ether oxygens (including phenoxy) is 1. The third-order valence-corrected chi connectivity index (χ3v) is 3.04. The van der Waals surface area contributed by atoms with Crippen LogP contribution in [0.25, 0.3) is 0 Å². The van der Waals surface area contributed by atoms with Crippen molar-refractivity contribution in [2.75, 3.05) is 12.4 Å². The van der Waals surface area contributed by atoms with Crippen LogP contribution in [0.4, 0.5) is 5.69 Å². The topological polar surface area (TPSA) is 110 Å². The number of benzene rings is 1.